The van der Waals surface area contributed by atoms with Crippen LogP contribution < -0.4 is 10.5 Å². The topological polar surface area (TPSA) is 78.1 Å². The van der Waals surface area contributed by atoms with E-state index in [0.29, 0.717) is 17.1 Å². The van der Waals surface area contributed by atoms with Crippen LogP contribution in [0.1, 0.15) is 10.4 Å². The summed E-state index contributed by atoms with van der Waals surface area (Å²) in [4.78, 5) is 19.3. The molecular formula is C12H11N3O2. The second-order valence-electron chi connectivity index (χ2n) is 3.38. The van der Waals surface area contributed by atoms with Gasteiger partial charge in [-0.25, -0.2) is 4.98 Å². The van der Waals surface area contributed by atoms with Crippen molar-refractivity contribution in [2.75, 3.05) is 7.11 Å². The molecule has 0 aromatic carbocycles. The number of nitrogens with zero attached hydrogens (tertiary/aromatic N) is 2. The molecule has 1 amide bonds. The average Bonchev–Trinajstić information content (AvgIpc) is 2.39. The zero-order valence-corrected chi connectivity index (χ0v) is 9.25. The zero-order valence-electron chi connectivity index (χ0n) is 9.25. The zero-order chi connectivity index (χ0) is 12.3. The summed E-state index contributed by atoms with van der Waals surface area (Å²) in [5.41, 5.74) is 7.08. The number of amides is 1. The summed E-state index contributed by atoms with van der Waals surface area (Å²) < 4.78 is 4.96. The Hall–Kier alpha value is -2.43. The third-order valence-electron chi connectivity index (χ3n) is 2.29. The van der Waals surface area contributed by atoms with E-state index in [1.165, 1.54) is 0 Å². The highest BCUT2D eigenvalue weighted by Crippen LogP contribution is 2.18. The highest BCUT2D eigenvalue weighted by Gasteiger charge is 2.05. The van der Waals surface area contributed by atoms with Crippen molar-refractivity contribution in [2.45, 2.75) is 0 Å². The third kappa shape index (κ3) is 2.39. The molecule has 5 heteroatoms. The van der Waals surface area contributed by atoms with Gasteiger partial charge in [-0.2, -0.15) is 0 Å². The molecule has 2 rings (SSSR count). The van der Waals surface area contributed by atoms with E-state index in [2.05, 4.69) is 9.97 Å². The highest BCUT2D eigenvalue weighted by molar-refractivity contribution is 5.93. The number of carbonyl (C=O) groups excluding carboxylic acids is 1. The Morgan fingerprint density at radius 3 is 2.71 bits per heavy atom. The van der Waals surface area contributed by atoms with Crippen molar-refractivity contribution in [1.82, 2.24) is 9.97 Å². The van der Waals surface area contributed by atoms with E-state index in [1.807, 2.05) is 6.07 Å². The van der Waals surface area contributed by atoms with Crippen molar-refractivity contribution in [3.63, 3.8) is 0 Å². The maximum atomic E-state index is 11.0. The number of nitrogens with two attached hydrogens (primary N) is 1. The van der Waals surface area contributed by atoms with Crippen molar-refractivity contribution in [1.29, 1.82) is 0 Å². The SMILES string of the molecule is COc1ccc(-c2cc(C(N)=O)ccn2)cn1. The van der Waals surface area contributed by atoms with Gasteiger partial charge in [0.15, 0.2) is 0 Å². The van der Waals surface area contributed by atoms with Gasteiger partial charge in [-0.3, -0.25) is 9.78 Å². The van der Waals surface area contributed by atoms with E-state index in [0.717, 1.165) is 5.56 Å². The molecule has 0 saturated carbocycles. The van der Waals surface area contributed by atoms with E-state index in [-0.39, 0.29) is 0 Å². The molecule has 2 N–H and O–H groups in total. The minimum atomic E-state index is -0.477. The normalized spacial score (nSPS) is 9.94. The molecule has 17 heavy (non-hydrogen) atoms. The lowest BCUT2D eigenvalue weighted by Gasteiger charge is -2.03. The highest BCUT2D eigenvalue weighted by atomic mass is 16.5. The van der Waals surface area contributed by atoms with Crippen LogP contribution in [-0.2, 0) is 0 Å². The summed E-state index contributed by atoms with van der Waals surface area (Å²) in [5, 5.41) is 0. The fourth-order valence-corrected chi connectivity index (χ4v) is 1.39. The van der Waals surface area contributed by atoms with E-state index in [9.17, 15) is 4.79 Å². The maximum absolute atomic E-state index is 11.0. The summed E-state index contributed by atoms with van der Waals surface area (Å²) in [6, 6.07) is 6.75. The Bertz CT molecular complexity index is 538. The average molecular weight is 229 g/mol. The Balaban J connectivity index is 2.38. The van der Waals surface area contributed by atoms with Gasteiger partial charge >= 0.3 is 0 Å². The molecule has 0 bridgehead atoms. The standard InChI is InChI=1S/C12H11N3O2/c1-17-11-3-2-9(7-15-11)10-6-8(12(13)16)4-5-14-10/h2-7H,1H3,(H2,13,16). The van der Waals surface area contributed by atoms with Gasteiger partial charge < -0.3 is 10.5 Å². The third-order valence-corrected chi connectivity index (χ3v) is 2.29. The number of methoxy groups -OCH3 is 1. The molecule has 0 fully saturated rings. The minimum Gasteiger partial charge on any atom is -0.481 e. The predicted octanol–water partition coefficient (Wildman–Crippen LogP) is 1.25. The molecule has 0 aliphatic rings. The summed E-state index contributed by atoms with van der Waals surface area (Å²) in [5.74, 6) is 0.0509. The van der Waals surface area contributed by atoms with Crippen LogP contribution in [0.3, 0.4) is 0 Å². The number of carbonyl (C=O) groups is 1. The molecule has 0 spiro atoms. The van der Waals surface area contributed by atoms with Crippen LogP contribution in [0.5, 0.6) is 5.88 Å². The Kier molecular flexibility index (Phi) is 3.00. The van der Waals surface area contributed by atoms with Gasteiger partial charge in [-0.05, 0) is 18.2 Å². The van der Waals surface area contributed by atoms with Crippen molar-refractivity contribution < 1.29 is 9.53 Å². The van der Waals surface area contributed by atoms with Gasteiger partial charge in [0, 0.05) is 29.6 Å². The number of hydrogen-bond acceptors (Lipinski definition) is 4. The van der Waals surface area contributed by atoms with Crippen molar-refractivity contribution in [2.24, 2.45) is 5.73 Å². The summed E-state index contributed by atoms with van der Waals surface area (Å²) in [7, 11) is 1.55. The van der Waals surface area contributed by atoms with Crippen molar-refractivity contribution in [3.8, 4) is 17.1 Å². The second-order valence-corrected chi connectivity index (χ2v) is 3.38. The molecule has 86 valence electrons. The number of rotatable bonds is 3. The van der Waals surface area contributed by atoms with Gasteiger partial charge in [0.25, 0.3) is 0 Å². The van der Waals surface area contributed by atoms with Crippen LogP contribution in [0.25, 0.3) is 11.3 Å². The number of pyridine rings is 2. The van der Waals surface area contributed by atoms with E-state index >= 15 is 0 Å². The van der Waals surface area contributed by atoms with Crippen LogP contribution >= 0.6 is 0 Å². The van der Waals surface area contributed by atoms with Crippen molar-refractivity contribution in [3.05, 3.63) is 42.2 Å². The first-order valence-corrected chi connectivity index (χ1v) is 4.97. The van der Waals surface area contributed by atoms with Gasteiger partial charge in [-0.1, -0.05) is 0 Å². The smallest absolute Gasteiger partial charge is 0.248 e. The van der Waals surface area contributed by atoms with Gasteiger partial charge in [0.2, 0.25) is 11.8 Å². The lowest BCUT2D eigenvalue weighted by molar-refractivity contribution is 0.1000. The summed E-state index contributed by atoms with van der Waals surface area (Å²) in [6.07, 6.45) is 3.17. The fourth-order valence-electron chi connectivity index (χ4n) is 1.39. The molecular weight excluding hydrogens is 218 g/mol. The number of ether oxygens (including phenoxy) is 1. The van der Waals surface area contributed by atoms with Crippen LogP contribution in [0, 0.1) is 0 Å². The lowest BCUT2D eigenvalue weighted by Crippen LogP contribution is -2.10. The first kappa shape index (κ1) is 11.1. The Labute approximate surface area is 98.3 Å². The van der Waals surface area contributed by atoms with Gasteiger partial charge in [0.05, 0.1) is 12.8 Å². The lowest BCUT2D eigenvalue weighted by atomic mass is 10.1. The number of aromatic nitrogens is 2. The second kappa shape index (κ2) is 4.61. The molecule has 0 atom stereocenters. The van der Waals surface area contributed by atoms with Gasteiger partial charge in [-0.15, -0.1) is 0 Å². The predicted molar refractivity (Wildman–Crippen MR) is 62.5 cm³/mol. The Morgan fingerprint density at radius 1 is 1.29 bits per heavy atom. The van der Waals surface area contributed by atoms with Crippen LogP contribution in [0.2, 0.25) is 0 Å². The molecule has 2 aromatic rings. The monoisotopic (exact) mass is 229 g/mol. The number of hydrogen-bond donors (Lipinski definition) is 1. The number of primary amides is 1. The quantitative estimate of drug-likeness (QED) is 0.859. The molecule has 0 aliphatic carbocycles. The Morgan fingerprint density at radius 2 is 2.12 bits per heavy atom. The minimum absolute atomic E-state index is 0.422. The van der Waals surface area contributed by atoms with Gasteiger partial charge in [0.1, 0.15) is 0 Å². The van der Waals surface area contributed by atoms with Crippen LogP contribution in [-0.4, -0.2) is 23.0 Å². The summed E-state index contributed by atoms with van der Waals surface area (Å²) >= 11 is 0. The van der Waals surface area contributed by atoms with E-state index in [4.69, 9.17) is 10.5 Å². The molecule has 2 heterocycles. The largest absolute Gasteiger partial charge is 0.481 e. The fraction of sp³-hybridized carbons (Fsp3) is 0.0833. The summed E-state index contributed by atoms with van der Waals surface area (Å²) in [6.45, 7) is 0. The van der Waals surface area contributed by atoms with E-state index < -0.39 is 5.91 Å². The van der Waals surface area contributed by atoms with Crippen LogP contribution in [0.4, 0.5) is 0 Å². The van der Waals surface area contributed by atoms with E-state index in [1.54, 1.807) is 37.7 Å². The molecule has 0 aliphatic heterocycles. The molecule has 0 unspecified atom stereocenters. The molecule has 0 radical (unpaired) electrons. The maximum Gasteiger partial charge on any atom is 0.248 e. The first-order chi connectivity index (χ1) is 8.20. The molecule has 2 aromatic heterocycles. The molecule has 0 saturated heterocycles. The molecule has 5 nitrogen and oxygen atoms in total. The van der Waals surface area contributed by atoms with Crippen LogP contribution in [0.15, 0.2) is 36.7 Å². The van der Waals surface area contributed by atoms with Crippen molar-refractivity contribution >= 4 is 5.91 Å². The first-order valence-electron chi connectivity index (χ1n) is 4.97.